The predicted molar refractivity (Wildman–Crippen MR) is 96.3 cm³/mol. The molecule has 3 rings (SSSR count). The van der Waals surface area contributed by atoms with Crippen molar-refractivity contribution in [1.29, 1.82) is 0 Å². The Morgan fingerprint density at radius 1 is 1.36 bits per heavy atom. The van der Waals surface area contributed by atoms with E-state index in [-0.39, 0.29) is 30.6 Å². The second-order valence-electron chi connectivity index (χ2n) is 6.93. The number of anilines is 1. The van der Waals surface area contributed by atoms with Crippen LogP contribution in [0.3, 0.4) is 0 Å². The lowest BCUT2D eigenvalue weighted by atomic mass is 9.95. The fraction of sp³-hybridized carbons (Fsp3) is 0.474. The number of nitrogens with zero attached hydrogens (tertiary/aromatic N) is 3. The number of carbonyl (C=O) groups is 1. The molecule has 0 fully saturated rings. The van der Waals surface area contributed by atoms with E-state index in [1.54, 1.807) is 30.1 Å². The van der Waals surface area contributed by atoms with Crippen LogP contribution in [0.4, 0.5) is 23.2 Å². The van der Waals surface area contributed by atoms with Crippen molar-refractivity contribution in [3.63, 3.8) is 0 Å². The van der Waals surface area contributed by atoms with Gasteiger partial charge in [-0.05, 0) is 25.0 Å². The molecule has 2 aromatic rings. The number of nitrogens with one attached hydrogen (secondary N) is 1. The lowest BCUT2D eigenvalue weighted by Crippen LogP contribution is -2.37. The average Bonchev–Trinajstić information content (AvgIpc) is 3.08. The molecule has 0 radical (unpaired) electrons. The lowest BCUT2D eigenvalue weighted by molar-refractivity contribution is -0.147. The van der Waals surface area contributed by atoms with Gasteiger partial charge in [0.2, 0.25) is 11.7 Å². The van der Waals surface area contributed by atoms with E-state index in [9.17, 15) is 22.4 Å². The summed E-state index contributed by atoms with van der Waals surface area (Å²) in [7, 11) is 1.78. The van der Waals surface area contributed by atoms with E-state index in [4.69, 9.17) is 0 Å². The Bertz CT molecular complexity index is 834. The highest BCUT2D eigenvalue weighted by Gasteiger charge is 2.39. The van der Waals surface area contributed by atoms with Gasteiger partial charge < -0.3 is 14.8 Å². The second kappa shape index (κ2) is 8.20. The first-order valence-corrected chi connectivity index (χ1v) is 9.12. The van der Waals surface area contributed by atoms with Crippen molar-refractivity contribution in [2.24, 2.45) is 5.92 Å². The van der Waals surface area contributed by atoms with Crippen LogP contribution in [-0.2, 0) is 23.9 Å². The van der Waals surface area contributed by atoms with Crippen molar-refractivity contribution in [2.75, 3.05) is 25.0 Å². The summed E-state index contributed by atoms with van der Waals surface area (Å²) in [5.74, 6) is -1.74. The van der Waals surface area contributed by atoms with E-state index in [2.05, 4.69) is 10.3 Å². The van der Waals surface area contributed by atoms with E-state index in [0.29, 0.717) is 37.3 Å². The van der Waals surface area contributed by atoms with E-state index in [0.717, 1.165) is 4.57 Å². The van der Waals surface area contributed by atoms with Gasteiger partial charge in [0.05, 0.1) is 5.69 Å². The third kappa shape index (κ3) is 4.45. The minimum atomic E-state index is -4.49. The van der Waals surface area contributed by atoms with Crippen LogP contribution in [0.5, 0.6) is 0 Å². The van der Waals surface area contributed by atoms with Crippen LogP contribution in [0.2, 0.25) is 0 Å². The van der Waals surface area contributed by atoms with Crippen LogP contribution >= 0.6 is 0 Å². The fourth-order valence-corrected chi connectivity index (χ4v) is 3.47. The standard InChI is InChI=1S/C19H22F4N4O/c1-26(16-6-3-2-5-15(16)20)9-4-8-24-17(28)13-7-10-27-14(11-13)12-25-18(27)19(21,22)23/h2-3,5-6,12-13H,4,7-11H2,1H3,(H,24,28). The Labute approximate surface area is 160 Å². The Kier molecular flexibility index (Phi) is 5.90. The minimum absolute atomic E-state index is 0.123. The van der Waals surface area contributed by atoms with Crippen LogP contribution in [0.1, 0.15) is 24.4 Å². The lowest BCUT2D eigenvalue weighted by Gasteiger charge is -2.25. The molecule has 1 unspecified atom stereocenters. The summed E-state index contributed by atoms with van der Waals surface area (Å²) in [5, 5.41) is 2.83. The van der Waals surface area contributed by atoms with Gasteiger partial charge in [0.1, 0.15) is 5.82 Å². The zero-order chi connectivity index (χ0) is 20.3. The molecule has 0 saturated carbocycles. The Hall–Kier alpha value is -2.58. The molecule has 1 N–H and O–H groups in total. The molecule has 1 aliphatic heterocycles. The van der Waals surface area contributed by atoms with Gasteiger partial charge in [0.25, 0.3) is 0 Å². The summed E-state index contributed by atoms with van der Waals surface area (Å²) < 4.78 is 53.6. The minimum Gasteiger partial charge on any atom is -0.372 e. The molecule has 1 aliphatic rings. The van der Waals surface area contributed by atoms with E-state index in [1.807, 2.05) is 0 Å². The molecule has 0 saturated heterocycles. The molecular formula is C19H22F4N4O. The molecule has 1 aromatic carbocycles. The number of hydrogen-bond donors (Lipinski definition) is 1. The number of rotatable bonds is 6. The van der Waals surface area contributed by atoms with Crippen molar-refractivity contribution in [2.45, 2.75) is 32.0 Å². The normalized spacial score (nSPS) is 16.5. The third-order valence-corrected chi connectivity index (χ3v) is 4.95. The Morgan fingerprint density at radius 2 is 2.11 bits per heavy atom. The third-order valence-electron chi connectivity index (χ3n) is 4.95. The number of fused-ring (bicyclic) bond motifs is 1. The maximum atomic E-state index is 13.7. The van der Waals surface area contributed by atoms with E-state index in [1.165, 1.54) is 12.3 Å². The SMILES string of the molecule is CN(CCCNC(=O)C1CCn2c(cnc2C(F)(F)F)C1)c1ccccc1F. The molecule has 9 heteroatoms. The number of carbonyl (C=O) groups excluding carboxylic acids is 1. The van der Waals surface area contributed by atoms with E-state index >= 15 is 0 Å². The van der Waals surface area contributed by atoms with Gasteiger partial charge in [0.15, 0.2) is 0 Å². The van der Waals surface area contributed by atoms with Crippen LogP contribution in [0.25, 0.3) is 0 Å². The zero-order valence-corrected chi connectivity index (χ0v) is 15.5. The monoisotopic (exact) mass is 398 g/mol. The van der Waals surface area contributed by atoms with Gasteiger partial charge in [0, 0.05) is 50.9 Å². The van der Waals surface area contributed by atoms with Gasteiger partial charge in [-0.3, -0.25) is 4.79 Å². The molecule has 2 heterocycles. The van der Waals surface area contributed by atoms with Crippen molar-refractivity contribution in [3.05, 3.63) is 47.8 Å². The Balaban J connectivity index is 1.46. The van der Waals surface area contributed by atoms with Crippen molar-refractivity contribution >= 4 is 11.6 Å². The highest BCUT2D eigenvalue weighted by atomic mass is 19.4. The number of alkyl halides is 3. The molecule has 0 bridgehead atoms. The molecule has 0 spiro atoms. The maximum Gasteiger partial charge on any atom is 0.449 e. The van der Waals surface area contributed by atoms with Crippen molar-refractivity contribution in [1.82, 2.24) is 14.9 Å². The summed E-state index contributed by atoms with van der Waals surface area (Å²) in [4.78, 5) is 17.6. The topological polar surface area (TPSA) is 50.2 Å². The smallest absolute Gasteiger partial charge is 0.372 e. The number of para-hydroxylation sites is 1. The summed E-state index contributed by atoms with van der Waals surface area (Å²) >= 11 is 0. The molecule has 152 valence electrons. The molecule has 28 heavy (non-hydrogen) atoms. The summed E-state index contributed by atoms with van der Waals surface area (Å²) in [6.45, 7) is 1.10. The first-order chi connectivity index (χ1) is 13.3. The molecular weight excluding hydrogens is 376 g/mol. The molecule has 1 atom stereocenters. The van der Waals surface area contributed by atoms with Crippen LogP contribution in [0, 0.1) is 11.7 Å². The second-order valence-corrected chi connectivity index (χ2v) is 6.93. The quantitative estimate of drug-likeness (QED) is 0.600. The van der Waals surface area contributed by atoms with Gasteiger partial charge in [-0.2, -0.15) is 13.2 Å². The first-order valence-electron chi connectivity index (χ1n) is 9.12. The van der Waals surface area contributed by atoms with Crippen LogP contribution in [0.15, 0.2) is 30.5 Å². The number of imidazole rings is 1. The fourth-order valence-electron chi connectivity index (χ4n) is 3.47. The number of aromatic nitrogens is 2. The molecule has 1 aromatic heterocycles. The summed E-state index contributed by atoms with van der Waals surface area (Å²) in [6, 6.07) is 6.47. The highest BCUT2D eigenvalue weighted by Crippen LogP contribution is 2.32. The number of benzene rings is 1. The van der Waals surface area contributed by atoms with Crippen LogP contribution < -0.4 is 10.2 Å². The van der Waals surface area contributed by atoms with E-state index < -0.39 is 12.0 Å². The predicted octanol–water partition coefficient (Wildman–Crippen LogP) is 3.25. The number of hydrogen-bond acceptors (Lipinski definition) is 3. The first kappa shape index (κ1) is 20.2. The maximum absolute atomic E-state index is 13.7. The highest BCUT2D eigenvalue weighted by molar-refractivity contribution is 5.79. The van der Waals surface area contributed by atoms with Gasteiger partial charge in [-0.15, -0.1) is 0 Å². The Morgan fingerprint density at radius 3 is 2.82 bits per heavy atom. The van der Waals surface area contributed by atoms with Crippen molar-refractivity contribution < 1.29 is 22.4 Å². The zero-order valence-electron chi connectivity index (χ0n) is 15.5. The number of halogens is 4. The van der Waals surface area contributed by atoms with Gasteiger partial charge >= 0.3 is 6.18 Å². The van der Waals surface area contributed by atoms with Gasteiger partial charge in [-0.1, -0.05) is 12.1 Å². The van der Waals surface area contributed by atoms with Gasteiger partial charge in [-0.25, -0.2) is 9.37 Å². The molecule has 5 nitrogen and oxygen atoms in total. The largest absolute Gasteiger partial charge is 0.449 e. The molecule has 0 aliphatic carbocycles. The molecule has 1 amide bonds. The van der Waals surface area contributed by atoms with Crippen LogP contribution in [-0.4, -0.2) is 35.6 Å². The summed E-state index contributed by atoms with van der Waals surface area (Å²) in [6.07, 6.45) is -2.08. The summed E-state index contributed by atoms with van der Waals surface area (Å²) in [5.41, 5.74) is 0.924. The average molecular weight is 398 g/mol. The van der Waals surface area contributed by atoms with Crippen molar-refractivity contribution in [3.8, 4) is 0 Å². The number of amides is 1.